The Balaban J connectivity index is 0.00000225. The van der Waals surface area contributed by atoms with E-state index in [4.69, 9.17) is 0 Å². The standard InChI is InChI=1S/C26H42P.ClH/c1-22-13-11-12-14-23(22)21-27(24-15-5-2-6-16-24,25-17-7-3-8-18-25)26-19-9-4-10-20-26;/h11-14,24-26H,2-10,15-21H2,1H3;1H/q+1;/p-1. The van der Waals surface area contributed by atoms with Crippen LogP contribution < -0.4 is 12.4 Å². The van der Waals surface area contributed by atoms with Gasteiger partial charge in [-0.2, -0.15) is 0 Å². The summed E-state index contributed by atoms with van der Waals surface area (Å²) in [5, 5.41) is 0. The molecule has 0 bridgehead atoms. The lowest BCUT2D eigenvalue weighted by Gasteiger charge is -2.49. The Kier molecular flexibility index (Phi) is 8.74. The Morgan fingerprint density at radius 3 is 1.43 bits per heavy atom. The van der Waals surface area contributed by atoms with E-state index < -0.39 is 7.26 Å². The van der Waals surface area contributed by atoms with E-state index in [1.165, 1.54) is 63.9 Å². The van der Waals surface area contributed by atoms with E-state index in [0.717, 1.165) is 17.0 Å². The first kappa shape index (κ1) is 22.6. The summed E-state index contributed by atoms with van der Waals surface area (Å²) < 4.78 is 0. The SMILES string of the molecule is Cc1ccccc1C[P+](C1CCCCC1)(C1CCCCC1)C1CCCCC1.[Cl-]. The number of aryl methyl sites for hydroxylation is 1. The largest absolute Gasteiger partial charge is 1.00 e. The molecule has 0 amide bonds. The number of hydrogen-bond donors (Lipinski definition) is 0. The van der Waals surface area contributed by atoms with Crippen molar-refractivity contribution in [2.24, 2.45) is 0 Å². The molecular weight excluding hydrogens is 379 g/mol. The predicted molar refractivity (Wildman–Crippen MR) is 122 cm³/mol. The van der Waals surface area contributed by atoms with Crippen LogP contribution in [0.3, 0.4) is 0 Å². The van der Waals surface area contributed by atoms with Gasteiger partial charge in [0.1, 0.15) is 0 Å². The molecule has 158 valence electrons. The van der Waals surface area contributed by atoms with Gasteiger partial charge >= 0.3 is 0 Å². The van der Waals surface area contributed by atoms with Crippen LogP contribution in [-0.4, -0.2) is 17.0 Å². The molecule has 3 aliphatic carbocycles. The molecule has 28 heavy (non-hydrogen) atoms. The molecule has 3 saturated carbocycles. The molecule has 0 N–H and O–H groups in total. The van der Waals surface area contributed by atoms with Crippen LogP contribution in [0.4, 0.5) is 0 Å². The summed E-state index contributed by atoms with van der Waals surface area (Å²) in [5.41, 5.74) is 6.63. The fourth-order valence-corrected chi connectivity index (χ4v) is 14.5. The van der Waals surface area contributed by atoms with Gasteiger partial charge in [-0.1, -0.05) is 43.5 Å². The van der Waals surface area contributed by atoms with Crippen molar-refractivity contribution < 1.29 is 12.4 Å². The number of halogens is 1. The second kappa shape index (κ2) is 10.8. The van der Waals surface area contributed by atoms with Gasteiger partial charge in [-0.25, -0.2) is 0 Å². The Morgan fingerprint density at radius 1 is 0.643 bits per heavy atom. The third-order valence-corrected chi connectivity index (χ3v) is 15.0. The molecule has 0 spiro atoms. The Morgan fingerprint density at radius 2 is 1.04 bits per heavy atom. The van der Waals surface area contributed by atoms with Gasteiger partial charge in [0.15, 0.2) is 0 Å². The van der Waals surface area contributed by atoms with Crippen molar-refractivity contribution in [1.82, 2.24) is 0 Å². The van der Waals surface area contributed by atoms with Crippen LogP contribution >= 0.6 is 7.26 Å². The molecule has 0 heterocycles. The molecule has 0 aliphatic heterocycles. The molecule has 0 atom stereocenters. The third kappa shape index (κ3) is 4.81. The van der Waals surface area contributed by atoms with Crippen LogP contribution in [0.2, 0.25) is 0 Å². The van der Waals surface area contributed by atoms with E-state index in [1.54, 1.807) is 49.7 Å². The summed E-state index contributed by atoms with van der Waals surface area (Å²) in [7, 11) is -0.971. The number of benzene rings is 1. The van der Waals surface area contributed by atoms with Gasteiger partial charge in [-0.05, 0) is 95.1 Å². The van der Waals surface area contributed by atoms with E-state index in [1.807, 2.05) is 0 Å². The number of hydrogen-bond acceptors (Lipinski definition) is 0. The van der Waals surface area contributed by atoms with Gasteiger partial charge in [-0.15, -0.1) is 0 Å². The molecule has 0 radical (unpaired) electrons. The Labute approximate surface area is 181 Å². The zero-order valence-corrected chi connectivity index (χ0v) is 19.8. The maximum atomic E-state index is 2.50. The summed E-state index contributed by atoms with van der Waals surface area (Å²) >= 11 is 0. The first-order valence-corrected chi connectivity index (χ1v) is 14.4. The minimum atomic E-state index is -0.971. The highest BCUT2D eigenvalue weighted by Crippen LogP contribution is 2.78. The van der Waals surface area contributed by atoms with Crippen molar-refractivity contribution in [1.29, 1.82) is 0 Å². The zero-order chi connectivity index (χ0) is 18.5. The average molecular weight is 421 g/mol. The van der Waals surface area contributed by atoms with E-state index in [9.17, 15) is 0 Å². The number of rotatable bonds is 5. The van der Waals surface area contributed by atoms with Gasteiger partial charge in [0.2, 0.25) is 0 Å². The van der Waals surface area contributed by atoms with Crippen LogP contribution in [-0.2, 0) is 6.16 Å². The van der Waals surface area contributed by atoms with Crippen LogP contribution in [0.1, 0.15) is 107 Å². The van der Waals surface area contributed by atoms with Gasteiger partial charge in [0.05, 0.1) is 23.1 Å². The van der Waals surface area contributed by atoms with Crippen LogP contribution in [0.25, 0.3) is 0 Å². The first-order chi connectivity index (χ1) is 13.3. The molecule has 2 heteroatoms. The summed E-state index contributed by atoms with van der Waals surface area (Å²) in [5.74, 6) is 0. The van der Waals surface area contributed by atoms with Crippen molar-refractivity contribution in [2.75, 3.05) is 0 Å². The quantitative estimate of drug-likeness (QED) is 0.550. The lowest BCUT2D eigenvalue weighted by Crippen LogP contribution is -3.00. The van der Waals surface area contributed by atoms with Crippen molar-refractivity contribution in [3.63, 3.8) is 0 Å². The normalized spacial score (nSPS) is 23.3. The minimum Gasteiger partial charge on any atom is -1.00 e. The van der Waals surface area contributed by atoms with E-state index in [-0.39, 0.29) is 12.4 Å². The topological polar surface area (TPSA) is 0 Å². The maximum Gasteiger partial charge on any atom is 0.0853 e. The maximum absolute atomic E-state index is 2.50. The highest BCUT2D eigenvalue weighted by atomic mass is 35.5. The molecular formula is C26H42ClP. The predicted octanol–water partition coefficient (Wildman–Crippen LogP) is 5.51. The molecule has 3 aliphatic rings. The summed E-state index contributed by atoms with van der Waals surface area (Å²) in [6.45, 7) is 2.38. The minimum absolute atomic E-state index is 0. The Hall–Kier alpha value is -0.0600. The lowest BCUT2D eigenvalue weighted by molar-refractivity contribution is -0.00000571. The van der Waals surface area contributed by atoms with E-state index in [0.29, 0.717) is 0 Å². The molecule has 0 saturated heterocycles. The summed E-state index contributed by atoms with van der Waals surface area (Å²) in [6, 6.07) is 9.45. The molecule has 1 aromatic rings. The molecule has 0 unspecified atom stereocenters. The highest BCUT2D eigenvalue weighted by molar-refractivity contribution is 7.77. The highest BCUT2D eigenvalue weighted by Gasteiger charge is 2.56. The van der Waals surface area contributed by atoms with Crippen LogP contribution in [0.15, 0.2) is 24.3 Å². The molecule has 3 fully saturated rings. The second-order valence-electron chi connectivity index (χ2n) is 9.96. The molecule has 4 rings (SSSR count). The van der Waals surface area contributed by atoms with Gasteiger partial charge in [-0.3, -0.25) is 0 Å². The zero-order valence-electron chi connectivity index (χ0n) is 18.2. The van der Waals surface area contributed by atoms with Gasteiger partial charge in [0.25, 0.3) is 0 Å². The molecule has 1 aromatic carbocycles. The van der Waals surface area contributed by atoms with E-state index in [2.05, 4.69) is 31.2 Å². The van der Waals surface area contributed by atoms with Gasteiger partial charge < -0.3 is 12.4 Å². The molecule has 0 aromatic heterocycles. The van der Waals surface area contributed by atoms with Crippen molar-refractivity contribution in [2.45, 2.75) is 126 Å². The second-order valence-corrected chi connectivity index (χ2v) is 14.5. The monoisotopic (exact) mass is 420 g/mol. The average Bonchev–Trinajstić information content (AvgIpc) is 2.75. The third-order valence-electron chi connectivity index (χ3n) is 8.47. The molecule has 0 nitrogen and oxygen atoms in total. The first-order valence-electron chi connectivity index (χ1n) is 12.2. The van der Waals surface area contributed by atoms with Gasteiger partial charge in [0, 0.05) is 7.26 Å². The van der Waals surface area contributed by atoms with Crippen LogP contribution in [0, 0.1) is 6.92 Å². The lowest BCUT2D eigenvalue weighted by atomic mass is 9.99. The van der Waals surface area contributed by atoms with Crippen molar-refractivity contribution in [3.8, 4) is 0 Å². The summed E-state index contributed by atoms with van der Waals surface area (Å²) in [6.07, 6.45) is 24.7. The fraction of sp³-hybridized carbons (Fsp3) is 0.769. The summed E-state index contributed by atoms with van der Waals surface area (Å²) in [4.78, 5) is 0. The van der Waals surface area contributed by atoms with E-state index >= 15 is 0 Å². The van der Waals surface area contributed by atoms with Crippen molar-refractivity contribution >= 4 is 7.26 Å². The fourth-order valence-electron chi connectivity index (χ4n) is 7.05. The Bertz CT molecular complexity index is 534. The smallest absolute Gasteiger partial charge is 0.0853 e. The van der Waals surface area contributed by atoms with Crippen LogP contribution in [0.5, 0.6) is 0 Å². The van der Waals surface area contributed by atoms with Crippen molar-refractivity contribution in [3.05, 3.63) is 35.4 Å².